The summed E-state index contributed by atoms with van der Waals surface area (Å²) in [6.07, 6.45) is -12.3. The number of alkyl halides is 6. The lowest BCUT2D eigenvalue weighted by molar-refractivity contribution is -0.393. The molecular weight excluding hydrogens is 378 g/mol. The minimum absolute atomic E-state index is 0.0149. The van der Waals surface area contributed by atoms with Gasteiger partial charge in [-0.1, -0.05) is 13.3 Å². The molecule has 2 fully saturated rings. The minimum atomic E-state index is -6.02. The summed E-state index contributed by atoms with van der Waals surface area (Å²) in [5, 5.41) is 9.83. The SMILES string of the molecule is CCC(C)(C)C(=O)OC(CC1CC2CCC1C2)C(O)(C(F)(F)F)C(F)(F)F. The lowest BCUT2D eigenvalue weighted by Gasteiger charge is -2.40. The van der Waals surface area contributed by atoms with Gasteiger partial charge in [0.2, 0.25) is 0 Å². The second kappa shape index (κ2) is 7.12. The van der Waals surface area contributed by atoms with Crippen molar-refractivity contribution in [3.05, 3.63) is 0 Å². The van der Waals surface area contributed by atoms with Gasteiger partial charge in [0, 0.05) is 0 Å². The van der Waals surface area contributed by atoms with Gasteiger partial charge in [-0.15, -0.1) is 0 Å². The number of ether oxygens (including phenoxy) is 1. The van der Waals surface area contributed by atoms with Crippen LogP contribution in [-0.4, -0.2) is 35.1 Å². The molecule has 4 atom stereocenters. The summed E-state index contributed by atoms with van der Waals surface area (Å²) >= 11 is 0. The fourth-order valence-electron chi connectivity index (χ4n) is 4.20. The summed E-state index contributed by atoms with van der Waals surface area (Å²) in [5.41, 5.74) is -6.35. The van der Waals surface area contributed by atoms with Gasteiger partial charge in [-0.25, -0.2) is 0 Å². The molecule has 0 heterocycles. The molecular formula is C18H26F6O3. The van der Waals surface area contributed by atoms with Gasteiger partial charge < -0.3 is 9.84 Å². The minimum Gasteiger partial charge on any atom is -0.458 e. The third-order valence-electron chi connectivity index (χ3n) is 6.42. The molecule has 0 aromatic carbocycles. The zero-order chi connectivity index (χ0) is 20.8. The van der Waals surface area contributed by atoms with E-state index in [1.54, 1.807) is 6.92 Å². The van der Waals surface area contributed by atoms with Crippen molar-refractivity contribution in [3.63, 3.8) is 0 Å². The summed E-state index contributed by atoms with van der Waals surface area (Å²) in [7, 11) is 0. The van der Waals surface area contributed by atoms with Crippen molar-refractivity contribution in [2.75, 3.05) is 0 Å². The van der Waals surface area contributed by atoms with Gasteiger partial charge in [0.15, 0.2) is 0 Å². The maximum Gasteiger partial charge on any atom is 0.430 e. The van der Waals surface area contributed by atoms with Gasteiger partial charge in [0.25, 0.3) is 5.60 Å². The Morgan fingerprint density at radius 3 is 2.00 bits per heavy atom. The molecule has 0 aromatic rings. The highest BCUT2D eigenvalue weighted by atomic mass is 19.4. The molecule has 0 aliphatic heterocycles. The number of aliphatic hydroxyl groups is 1. The highest BCUT2D eigenvalue weighted by Crippen LogP contribution is 2.53. The van der Waals surface area contributed by atoms with Crippen molar-refractivity contribution in [3.8, 4) is 0 Å². The van der Waals surface area contributed by atoms with E-state index in [9.17, 15) is 36.2 Å². The summed E-state index contributed by atoms with van der Waals surface area (Å²) < 4.78 is 85.0. The first-order valence-corrected chi connectivity index (χ1v) is 9.20. The Bertz CT molecular complexity index is 540. The van der Waals surface area contributed by atoms with Crippen LogP contribution in [0.15, 0.2) is 0 Å². The molecule has 0 saturated heterocycles. The van der Waals surface area contributed by atoms with E-state index in [1.807, 2.05) is 0 Å². The van der Waals surface area contributed by atoms with Crippen LogP contribution >= 0.6 is 0 Å². The number of carbonyl (C=O) groups is 1. The van der Waals surface area contributed by atoms with E-state index in [1.165, 1.54) is 13.8 Å². The second-order valence-corrected chi connectivity index (χ2v) is 8.56. The molecule has 0 amide bonds. The first-order chi connectivity index (χ1) is 12.1. The van der Waals surface area contributed by atoms with Crippen LogP contribution in [0, 0.1) is 23.2 Å². The number of carbonyl (C=O) groups excluding carboxylic acids is 1. The zero-order valence-corrected chi connectivity index (χ0v) is 15.6. The maximum atomic E-state index is 13.4. The first kappa shape index (κ1) is 22.3. The van der Waals surface area contributed by atoms with E-state index in [0.717, 1.165) is 19.3 Å². The molecule has 3 nitrogen and oxygen atoms in total. The largest absolute Gasteiger partial charge is 0.458 e. The Hall–Kier alpha value is -0.990. The van der Waals surface area contributed by atoms with E-state index in [-0.39, 0.29) is 18.3 Å². The summed E-state index contributed by atoms with van der Waals surface area (Å²) in [6.45, 7) is 4.33. The molecule has 2 saturated carbocycles. The average Bonchev–Trinajstić information content (AvgIpc) is 3.13. The van der Waals surface area contributed by atoms with Crippen LogP contribution < -0.4 is 0 Å². The molecule has 0 spiro atoms. The molecule has 2 bridgehead atoms. The fourth-order valence-corrected chi connectivity index (χ4v) is 4.20. The zero-order valence-electron chi connectivity index (χ0n) is 15.6. The van der Waals surface area contributed by atoms with Crippen LogP contribution in [0.1, 0.15) is 59.3 Å². The Kier molecular flexibility index (Phi) is 5.88. The van der Waals surface area contributed by atoms with E-state index < -0.39 is 47.8 Å². The molecule has 1 N–H and O–H groups in total. The lowest BCUT2D eigenvalue weighted by atomic mass is 9.80. The van der Waals surface area contributed by atoms with Gasteiger partial charge >= 0.3 is 18.3 Å². The third kappa shape index (κ3) is 4.07. The number of hydrogen-bond acceptors (Lipinski definition) is 3. The molecule has 0 radical (unpaired) electrons. The van der Waals surface area contributed by atoms with E-state index in [2.05, 4.69) is 0 Å². The maximum absolute atomic E-state index is 13.4. The smallest absolute Gasteiger partial charge is 0.430 e. The van der Waals surface area contributed by atoms with Crippen LogP contribution in [0.3, 0.4) is 0 Å². The molecule has 0 aromatic heterocycles. The molecule has 4 unspecified atom stereocenters. The summed E-state index contributed by atoms with van der Waals surface area (Å²) in [5.74, 6) is -1.30. The van der Waals surface area contributed by atoms with Gasteiger partial charge in [-0.2, -0.15) is 26.3 Å². The first-order valence-electron chi connectivity index (χ1n) is 9.20. The summed E-state index contributed by atoms with van der Waals surface area (Å²) in [6, 6.07) is 0. The Labute approximate surface area is 154 Å². The third-order valence-corrected chi connectivity index (χ3v) is 6.42. The van der Waals surface area contributed by atoms with Gasteiger partial charge in [-0.3, -0.25) is 4.79 Å². The van der Waals surface area contributed by atoms with E-state index in [0.29, 0.717) is 6.42 Å². The number of rotatable bonds is 6. The van der Waals surface area contributed by atoms with Crippen molar-refractivity contribution in [1.29, 1.82) is 0 Å². The van der Waals surface area contributed by atoms with Crippen molar-refractivity contribution in [2.45, 2.75) is 83.4 Å². The predicted octanol–water partition coefficient (Wildman–Crippen LogP) is 5.02. The number of halogens is 6. The molecule has 2 aliphatic rings. The molecule has 2 aliphatic carbocycles. The number of fused-ring (bicyclic) bond motifs is 2. The molecule has 158 valence electrons. The molecule has 27 heavy (non-hydrogen) atoms. The Morgan fingerprint density at radius 1 is 1.07 bits per heavy atom. The summed E-state index contributed by atoms with van der Waals surface area (Å²) in [4.78, 5) is 12.3. The van der Waals surface area contributed by atoms with Gasteiger partial charge in [-0.05, 0) is 63.7 Å². The van der Waals surface area contributed by atoms with Crippen molar-refractivity contribution in [2.24, 2.45) is 23.2 Å². The van der Waals surface area contributed by atoms with E-state index in [4.69, 9.17) is 4.74 Å². The highest BCUT2D eigenvalue weighted by Gasteiger charge is 2.75. The second-order valence-electron chi connectivity index (χ2n) is 8.56. The standard InChI is InChI=1S/C18H26F6O3/c1-4-15(2,3)14(25)27-13(9-12-8-10-5-6-11(12)7-10)16(26,17(19,20)21)18(22,23)24/h10-13,26H,4-9H2,1-3H3. The average molecular weight is 404 g/mol. The van der Waals surface area contributed by atoms with E-state index >= 15 is 0 Å². The number of esters is 1. The van der Waals surface area contributed by atoms with Crippen LogP contribution in [0.5, 0.6) is 0 Å². The normalized spacial score (nSPS) is 27.7. The lowest BCUT2D eigenvalue weighted by Crippen LogP contribution is -2.65. The fraction of sp³-hybridized carbons (Fsp3) is 0.944. The van der Waals surface area contributed by atoms with Crippen molar-refractivity contribution in [1.82, 2.24) is 0 Å². The van der Waals surface area contributed by atoms with Crippen LogP contribution in [0.25, 0.3) is 0 Å². The van der Waals surface area contributed by atoms with Gasteiger partial charge in [0.1, 0.15) is 6.10 Å². The predicted molar refractivity (Wildman–Crippen MR) is 84.6 cm³/mol. The van der Waals surface area contributed by atoms with Crippen LogP contribution in [-0.2, 0) is 9.53 Å². The topological polar surface area (TPSA) is 46.5 Å². The monoisotopic (exact) mass is 404 g/mol. The highest BCUT2D eigenvalue weighted by molar-refractivity contribution is 5.76. The van der Waals surface area contributed by atoms with Crippen molar-refractivity contribution < 1.29 is 41.0 Å². The molecule has 2 rings (SSSR count). The Balaban J connectivity index is 2.36. The van der Waals surface area contributed by atoms with Crippen molar-refractivity contribution >= 4 is 5.97 Å². The quantitative estimate of drug-likeness (QED) is 0.500. The Morgan fingerprint density at radius 2 is 1.63 bits per heavy atom. The number of hydrogen-bond donors (Lipinski definition) is 1. The van der Waals surface area contributed by atoms with Crippen LogP contribution in [0.2, 0.25) is 0 Å². The van der Waals surface area contributed by atoms with Gasteiger partial charge in [0.05, 0.1) is 5.41 Å². The molecule has 9 heteroatoms. The van der Waals surface area contributed by atoms with Crippen LogP contribution in [0.4, 0.5) is 26.3 Å².